The minimum Gasteiger partial charge on any atom is -0.241 e. The number of halogens is 4. The minimum atomic E-state index is -0.574. The Bertz CT molecular complexity index is 522. The fourth-order valence-corrected chi connectivity index (χ4v) is 1.93. The summed E-state index contributed by atoms with van der Waals surface area (Å²) >= 11 is 17.2. The molecule has 16 heavy (non-hydrogen) atoms. The molecule has 0 aliphatic rings. The van der Waals surface area contributed by atoms with Crippen LogP contribution in [0.4, 0.5) is 4.39 Å². The zero-order valence-electron chi connectivity index (χ0n) is 7.85. The standard InChI is InChI=1S/C11H5Cl3FN/c12-8-1-6(2-9(13)4-8)7-3-10(15)11(14)16-5-7/h1-5H. The third-order valence-corrected chi connectivity index (χ3v) is 2.71. The van der Waals surface area contributed by atoms with Crippen LogP contribution >= 0.6 is 34.8 Å². The monoisotopic (exact) mass is 275 g/mol. The summed E-state index contributed by atoms with van der Waals surface area (Å²) in [4.78, 5) is 3.72. The van der Waals surface area contributed by atoms with Crippen LogP contribution in [0.3, 0.4) is 0 Å². The van der Waals surface area contributed by atoms with Crippen molar-refractivity contribution in [2.24, 2.45) is 0 Å². The van der Waals surface area contributed by atoms with Crippen LogP contribution in [0.5, 0.6) is 0 Å². The first-order valence-electron chi connectivity index (χ1n) is 4.34. The third kappa shape index (κ3) is 2.46. The van der Waals surface area contributed by atoms with Crippen LogP contribution in [0.2, 0.25) is 15.2 Å². The fourth-order valence-electron chi connectivity index (χ4n) is 1.30. The predicted octanol–water partition coefficient (Wildman–Crippen LogP) is 4.85. The van der Waals surface area contributed by atoms with Crippen LogP contribution in [0.15, 0.2) is 30.5 Å². The average Bonchev–Trinajstić information content (AvgIpc) is 2.20. The van der Waals surface area contributed by atoms with Crippen molar-refractivity contribution in [1.82, 2.24) is 4.98 Å². The average molecular weight is 277 g/mol. The molecular weight excluding hydrogens is 271 g/mol. The van der Waals surface area contributed by atoms with E-state index in [2.05, 4.69) is 4.98 Å². The van der Waals surface area contributed by atoms with E-state index in [-0.39, 0.29) is 5.15 Å². The van der Waals surface area contributed by atoms with Crippen molar-refractivity contribution in [1.29, 1.82) is 0 Å². The molecule has 0 unspecified atom stereocenters. The lowest BCUT2D eigenvalue weighted by Gasteiger charge is -2.03. The molecule has 0 saturated heterocycles. The number of benzene rings is 1. The quantitative estimate of drug-likeness (QED) is 0.679. The Labute approximate surface area is 107 Å². The second kappa shape index (κ2) is 4.58. The smallest absolute Gasteiger partial charge is 0.164 e. The van der Waals surface area contributed by atoms with Crippen molar-refractivity contribution in [3.63, 3.8) is 0 Å². The molecule has 2 rings (SSSR count). The summed E-state index contributed by atoms with van der Waals surface area (Å²) < 4.78 is 13.2. The van der Waals surface area contributed by atoms with Gasteiger partial charge in [0, 0.05) is 21.8 Å². The van der Waals surface area contributed by atoms with Gasteiger partial charge in [-0.2, -0.15) is 0 Å². The van der Waals surface area contributed by atoms with Gasteiger partial charge in [0.15, 0.2) is 11.0 Å². The summed E-state index contributed by atoms with van der Waals surface area (Å²) in [5.41, 5.74) is 1.27. The second-order valence-corrected chi connectivity index (χ2v) is 4.39. The van der Waals surface area contributed by atoms with Crippen LogP contribution in [0, 0.1) is 5.82 Å². The third-order valence-electron chi connectivity index (χ3n) is 1.99. The Kier molecular flexibility index (Phi) is 3.33. The van der Waals surface area contributed by atoms with Crippen molar-refractivity contribution in [2.75, 3.05) is 0 Å². The van der Waals surface area contributed by atoms with E-state index in [0.717, 1.165) is 0 Å². The SMILES string of the molecule is Fc1cc(-c2cc(Cl)cc(Cl)c2)cnc1Cl. The predicted molar refractivity (Wildman–Crippen MR) is 64.7 cm³/mol. The Hall–Kier alpha value is -0.830. The van der Waals surface area contributed by atoms with E-state index < -0.39 is 5.82 Å². The molecule has 5 heteroatoms. The van der Waals surface area contributed by atoms with Crippen molar-refractivity contribution in [3.05, 3.63) is 51.5 Å². The normalized spacial score (nSPS) is 10.5. The van der Waals surface area contributed by atoms with Crippen LogP contribution < -0.4 is 0 Å². The fraction of sp³-hybridized carbons (Fsp3) is 0. The van der Waals surface area contributed by atoms with E-state index >= 15 is 0 Å². The highest BCUT2D eigenvalue weighted by molar-refractivity contribution is 6.35. The molecule has 0 radical (unpaired) electrons. The number of hydrogen-bond donors (Lipinski definition) is 0. The number of nitrogens with zero attached hydrogens (tertiary/aromatic N) is 1. The summed E-state index contributed by atoms with van der Waals surface area (Å²) in [6, 6.07) is 6.25. The van der Waals surface area contributed by atoms with Crippen LogP contribution in [0.25, 0.3) is 11.1 Å². The minimum absolute atomic E-state index is 0.156. The van der Waals surface area contributed by atoms with Gasteiger partial charge in [0.1, 0.15) is 0 Å². The summed E-state index contributed by atoms with van der Waals surface area (Å²) in [5.74, 6) is -0.574. The Morgan fingerprint density at radius 3 is 2.06 bits per heavy atom. The lowest BCUT2D eigenvalue weighted by molar-refractivity contribution is 0.622. The lowest BCUT2D eigenvalue weighted by atomic mass is 10.1. The van der Waals surface area contributed by atoms with Crippen LogP contribution in [-0.2, 0) is 0 Å². The number of rotatable bonds is 1. The molecule has 0 aliphatic carbocycles. The molecule has 1 nitrogen and oxygen atoms in total. The van der Waals surface area contributed by atoms with Gasteiger partial charge in [-0.1, -0.05) is 34.8 Å². The van der Waals surface area contributed by atoms with Gasteiger partial charge in [-0.3, -0.25) is 0 Å². The molecular formula is C11H5Cl3FN. The Morgan fingerprint density at radius 1 is 0.875 bits per heavy atom. The Balaban J connectivity index is 2.54. The van der Waals surface area contributed by atoms with Gasteiger partial charge in [-0.05, 0) is 29.8 Å². The van der Waals surface area contributed by atoms with Crippen molar-refractivity contribution in [2.45, 2.75) is 0 Å². The zero-order chi connectivity index (χ0) is 11.7. The number of aromatic nitrogens is 1. The van der Waals surface area contributed by atoms with E-state index in [0.29, 0.717) is 21.2 Å². The summed E-state index contributed by atoms with van der Waals surface area (Å²) in [5, 5.41) is 0.813. The molecule has 1 aromatic heterocycles. The van der Waals surface area contributed by atoms with Gasteiger partial charge < -0.3 is 0 Å². The largest absolute Gasteiger partial charge is 0.241 e. The number of hydrogen-bond acceptors (Lipinski definition) is 1. The molecule has 0 atom stereocenters. The first kappa shape index (κ1) is 11.6. The highest BCUT2D eigenvalue weighted by Crippen LogP contribution is 2.28. The van der Waals surface area contributed by atoms with Crippen LogP contribution in [0.1, 0.15) is 0 Å². The molecule has 0 spiro atoms. The van der Waals surface area contributed by atoms with Crippen molar-refractivity contribution in [3.8, 4) is 11.1 Å². The highest BCUT2D eigenvalue weighted by Gasteiger charge is 2.06. The molecule has 1 heterocycles. The molecule has 1 aromatic carbocycles. The number of pyridine rings is 1. The van der Waals surface area contributed by atoms with Crippen molar-refractivity contribution >= 4 is 34.8 Å². The topological polar surface area (TPSA) is 12.9 Å². The van der Waals surface area contributed by atoms with Gasteiger partial charge in [0.05, 0.1) is 0 Å². The van der Waals surface area contributed by atoms with Gasteiger partial charge in [-0.25, -0.2) is 9.37 Å². The molecule has 2 aromatic rings. The van der Waals surface area contributed by atoms with Gasteiger partial charge in [-0.15, -0.1) is 0 Å². The van der Waals surface area contributed by atoms with E-state index in [1.54, 1.807) is 18.2 Å². The second-order valence-electron chi connectivity index (χ2n) is 3.15. The first-order valence-corrected chi connectivity index (χ1v) is 5.47. The highest BCUT2D eigenvalue weighted by atomic mass is 35.5. The maximum absolute atomic E-state index is 13.2. The van der Waals surface area contributed by atoms with Gasteiger partial charge in [0.25, 0.3) is 0 Å². The molecule has 0 aliphatic heterocycles. The van der Waals surface area contributed by atoms with E-state index in [4.69, 9.17) is 34.8 Å². The maximum Gasteiger partial charge on any atom is 0.164 e. The molecule has 82 valence electrons. The summed E-state index contributed by atoms with van der Waals surface area (Å²) in [6.45, 7) is 0. The Morgan fingerprint density at radius 2 is 1.50 bits per heavy atom. The summed E-state index contributed by atoms with van der Waals surface area (Å²) in [6.07, 6.45) is 1.47. The summed E-state index contributed by atoms with van der Waals surface area (Å²) in [7, 11) is 0. The van der Waals surface area contributed by atoms with Crippen molar-refractivity contribution < 1.29 is 4.39 Å². The molecule has 0 fully saturated rings. The zero-order valence-corrected chi connectivity index (χ0v) is 10.1. The molecule has 0 amide bonds. The maximum atomic E-state index is 13.2. The van der Waals surface area contributed by atoms with Gasteiger partial charge in [0.2, 0.25) is 0 Å². The molecule has 0 saturated carbocycles. The van der Waals surface area contributed by atoms with E-state index in [1.165, 1.54) is 12.3 Å². The van der Waals surface area contributed by atoms with E-state index in [1.807, 2.05) is 0 Å². The first-order chi connectivity index (χ1) is 7.56. The van der Waals surface area contributed by atoms with E-state index in [9.17, 15) is 4.39 Å². The van der Waals surface area contributed by atoms with Gasteiger partial charge >= 0.3 is 0 Å². The van der Waals surface area contributed by atoms with Crippen LogP contribution in [-0.4, -0.2) is 4.98 Å². The lowest BCUT2D eigenvalue weighted by Crippen LogP contribution is -1.86. The molecule has 0 bridgehead atoms. The molecule has 0 N–H and O–H groups in total.